The summed E-state index contributed by atoms with van der Waals surface area (Å²) < 4.78 is 0. The SMILES string of the molecule is CC1=NN(c2ccccc2)C(=O)/C1=C\c1ccncc1. The van der Waals surface area contributed by atoms with Crippen molar-refractivity contribution in [1.82, 2.24) is 4.98 Å². The van der Waals surface area contributed by atoms with Crippen LogP contribution in [0.5, 0.6) is 0 Å². The van der Waals surface area contributed by atoms with Crippen molar-refractivity contribution in [3.63, 3.8) is 0 Å². The summed E-state index contributed by atoms with van der Waals surface area (Å²) in [5.74, 6) is -0.106. The maximum absolute atomic E-state index is 12.4. The molecule has 0 saturated carbocycles. The average Bonchev–Trinajstić information content (AvgIpc) is 2.77. The van der Waals surface area contributed by atoms with E-state index in [1.165, 1.54) is 5.01 Å². The van der Waals surface area contributed by atoms with Crippen molar-refractivity contribution in [3.8, 4) is 0 Å². The molecule has 1 aromatic heterocycles. The van der Waals surface area contributed by atoms with E-state index < -0.39 is 0 Å². The number of hydrogen-bond donors (Lipinski definition) is 0. The molecule has 0 aliphatic carbocycles. The smallest absolute Gasteiger partial charge is 0.267 e. The predicted octanol–water partition coefficient (Wildman–Crippen LogP) is 2.89. The van der Waals surface area contributed by atoms with Crippen LogP contribution in [0.25, 0.3) is 6.08 Å². The molecule has 0 bridgehead atoms. The quantitative estimate of drug-likeness (QED) is 0.782. The van der Waals surface area contributed by atoms with Crippen molar-refractivity contribution in [3.05, 3.63) is 66.0 Å². The van der Waals surface area contributed by atoms with Gasteiger partial charge in [0.1, 0.15) is 0 Å². The Morgan fingerprint density at radius 3 is 2.45 bits per heavy atom. The third-order valence-electron chi connectivity index (χ3n) is 3.08. The Kier molecular flexibility index (Phi) is 3.13. The van der Waals surface area contributed by atoms with Crippen molar-refractivity contribution >= 4 is 23.4 Å². The molecule has 0 saturated heterocycles. The minimum atomic E-state index is -0.106. The second-order valence-corrected chi connectivity index (χ2v) is 4.48. The lowest BCUT2D eigenvalue weighted by atomic mass is 10.1. The van der Waals surface area contributed by atoms with Gasteiger partial charge in [-0.2, -0.15) is 10.1 Å². The van der Waals surface area contributed by atoms with Crippen molar-refractivity contribution in [2.24, 2.45) is 5.10 Å². The van der Waals surface area contributed by atoms with Gasteiger partial charge >= 0.3 is 0 Å². The van der Waals surface area contributed by atoms with E-state index in [9.17, 15) is 4.79 Å². The first-order valence-corrected chi connectivity index (χ1v) is 6.32. The van der Waals surface area contributed by atoms with E-state index in [0.29, 0.717) is 5.57 Å². The number of amides is 1. The summed E-state index contributed by atoms with van der Waals surface area (Å²) in [7, 11) is 0. The van der Waals surface area contributed by atoms with E-state index in [1.54, 1.807) is 12.4 Å². The molecule has 4 nitrogen and oxygen atoms in total. The first-order chi connectivity index (χ1) is 9.75. The number of hydrogen-bond acceptors (Lipinski definition) is 3. The van der Waals surface area contributed by atoms with Crippen LogP contribution < -0.4 is 5.01 Å². The van der Waals surface area contributed by atoms with Crippen molar-refractivity contribution in [1.29, 1.82) is 0 Å². The minimum absolute atomic E-state index is 0.106. The minimum Gasteiger partial charge on any atom is -0.267 e. The summed E-state index contributed by atoms with van der Waals surface area (Å²) >= 11 is 0. The van der Waals surface area contributed by atoms with E-state index in [-0.39, 0.29) is 5.91 Å². The van der Waals surface area contributed by atoms with Crippen LogP contribution in [0.4, 0.5) is 5.69 Å². The summed E-state index contributed by atoms with van der Waals surface area (Å²) in [4.78, 5) is 16.4. The van der Waals surface area contributed by atoms with Gasteiger partial charge in [-0.1, -0.05) is 18.2 Å². The highest BCUT2D eigenvalue weighted by molar-refractivity contribution is 6.32. The van der Waals surface area contributed by atoms with Crippen LogP contribution in [0.3, 0.4) is 0 Å². The molecule has 2 heterocycles. The van der Waals surface area contributed by atoms with Gasteiger partial charge < -0.3 is 0 Å². The average molecular weight is 263 g/mol. The van der Waals surface area contributed by atoms with Crippen LogP contribution in [0, 0.1) is 0 Å². The van der Waals surface area contributed by atoms with Crippen LogP contribution in [-0.2, 0) is 4.79 Å². The predicted molar refractivity (Wildman–Crippen MR) is 79.3 cm³/mol. The standard InChI is InChI=1S/C16H13N3O/c1-12-15(11-13-7-9-17-10-8-13)16(20)19(18-12)14-5-3-2-4-6-14/h2-11H,1H3/b15-11-. The number of carbonyl (C=O) groups is 1. The first-order valence-electron chi connectivity index (χ1n) is 6.32. The molecule has 2 aromatic rings. The molecule has 0 unspecified atom stereocenters. The van der Waals surface area contributed by atoms with Gasteiger partial charge in [0.2, 0.25) is 0 Å². The van der Waals surface area contributed by atoms with E-state index in [0.717, 1.165) is 17.0 Å². The lowest BCUT2D eigenvalue weighted by Crippen LogP contribution is -2.21. The fraction of sp³-hybridized carbons (Fsp3) is 0.0625. The third-order valence-corrected chi connectivity index (χ3v) is 3.08. The van der Waals surface area contributed by atoms with Gasteiger partial charge in [0.15, 0.2) is 0 Å². The maximum atomic E-state index is 12.4. The van der Waals surface area contributed by atoms with E-state index in [1.807, 2.05) is 55.5 Å². The fourth-order valence-electron chi connectivity index (χ4n) is 2.05. The Morgan fingerprint density at radius 1 is 1.05 bits per heavy atom. The van der Waals surface area contributed by atoms with Crippen LogP contribution >= 0.6 is 0 Å². The molecule has 1 amide bonds. The second-order valence-electron chi connectivity index (χ2n) is 4.48. The Bertz CT molecular complexity index is 690. The molecule has 1 aliphatic rings. The Balaban J connectivity index is 1.96. The van der Waals surface area contributed by atoms with E-state index in [2.05, 4.69) is 10.1 Å². The molecule has 20 heavy (non-hydrogen) atoms. The van der Waals surface area contributed by atoms with E-state index >= 15 is 0 Å². The van der Waals surface area contributed by atoms with Gasteiger partial charge in [-0.15, -0.1) is 0 Å². The van der Waals surface area contributed by atoms with E-state index in [4.69, 9.17) is 0 Å². The number of nitrogens with zero attached hydrogens (tertiary/aromatic N) is 3. The number of hydrazone groups is 1. The van der Waals surface area contributed by atoms with Crippen molar-refractivity contribution < 1.29 is 4.79 Å². The van der Waals surface area contributed by atoms with Gasteiger partial charge in [0.05, 0.1) is 17.0 Å². The molecular formula is C16H13N3O. The molecule has 0 fully saturated rings. The van der Waals surface area contributed by atoms with Gasteiger partial charge in [-0.05, 0) is 42.8 Å². The maximum Gasteiger partial charge on any atom is 0.280 e. The molecule has 3 rings (SSSR count). The topological polar surface area (TPSA) is 45.6 Å². The molecule has 0 atom stereocenters. The van der Waals surface area contributed by atoms with Gasteiger partial charge in [-0.3, -0.25) is 9.78 Å². The number of anilines is 1. The highest BCUT2D eigenvalue weighted by Gasteiger charge is 2.28. The van der Waals surface area contributed by atoms with Gasteiger partial charge in [0, 0.05) is 12.4 Å². The molecule has 1 aliphatic heterocycles. The molecule has 1 aromatic carbocycles. The van der Waals surface area contributed by atoms with Crippen LogP contribution in [-0.4, -0.2) is 16.6 Å². The number of rotatable bonds is 2. The largest absolute Gasteiger partial charge is 0.280 e. The second kappa shape index (κ2) is 5.09. The zero-order valence-corrected chi connectivity index (χ0v) is 11.0. The molecule has 98 valence electrons. The lowest BCUT2D eigenvalue weighted by molar-refractivity contribution is -0.114. The highest BCUT2D eigenvalue weighted by Crippen LogP contribution is 2.24. The van der Waals surface area contributed by atoms with Gasteiger partial charge in [-0.25, -0.2) is 0 Å². The Hall–Kier alpha value is -2.75. The summed E-state index contributed by atoms with van der Waals surface area (Å²) in [6.07, 6.45) is 5.24. The van der Waals surface area contributed by atoms with Crippen LogP contribution in [0.15, 0.2) is 65.5 Å². The Labute approximate surface area is 117 Å². The summed E-state index contributed by atoms with van der Waals surface area (Å²) in [5.41, 5.74) is 3.04. The van der Waals surface area contributed by atoms with Crippen LogP contribution in [0.2, 0.25) is 0 Å². The number of benzene rings is 1. The number of pyridine rings is 1. The van der Waals surface area contributed by atoms with Crippen LogP contribution in [0.1, 0.15) is 12.5 Å². The van der Waals surface area contributed by atoms with Gasteiger partial charge in [0.25, 0.3) is 5.91 Å². The fourth-order valence-corrected chi connectivity index (χ4v) is 2.05. The van der Waals surface area contributed by atoms with Crippen molar-refractivity contribution in [2.45, 2.75) is 6.92 Å². The zero-order chi connectivity index (χ0) is 13.9. The monoisotopic (exact) mass is 263 g/mol. The van der Waals surface area contributed by atoms with Crippen molar-refractivity contribution in [2.75, 3.05) is 5.01 Å². The lowest BCUT2D eigenvalue weighted by Gasteiger charge is -2.10. The molecule has 0 radical (unpaired) electrons. The number of aromatic nitrogens is 1. The summed E-state index contributed by atoms with van der Waals surface area (Å²) in [6.45, 7) is 1.84. The normalized spacial score (nSPS) is 16.6. The molecule has 4 heteroatoms. The highest BCUT2D eigenvalue weighted by atomic mass is 16.2. The zero-order valence-electron chi connectivity index (χ0n) is 11.0. The third kappa shape index (κ3) is 2.23. The number of para-hydroxylation sites is 1. The molecular weight excluding hydrogens is 250 g/mol. The Morgan fingerprint density at radius 2 is 1.75 bits per heavy atom. The molecule has 0 N–H and O–H groups in total. The number of carbonyl (C=O) groups excluding carboxylic acids is 1. The summed E-state index contributed by atoms with van der Waals surface area (Å²) in [6, 6.07) is 13.1. The molecule has 0 spiro atoms. The first kappa shape index (κ1) is 12.3. The summed E-state index contributed by atoms with van der Waals surface area (Å²) in [5, 5.41) is 5.77.